The van der Waals surface area contributed by atoms with E-state index < -0.39 is 0 Å². The lowest BCUT2D eigenvalue weighted by atomic mass is 9.67. The summed E-state index contributed by atoms with van der Waals surface area (Å²) >= 11 is 0. The molecule has 2 nitrogen and oxygen atoms in total. The van der Waals surface area contributed by atoms with Gasteiger partial charge in [-0.1, -0.05) is 81.5 Å². The van der Waals surface area contributed by atoms with Crippen LogP contribution in [-0.2, 0) is 9.47 Å². The molecule has 0 saturated carbocycles. The highest BCUT2D eigenvalue weighted by Gasteiger charge is 2.41. The van der Waals surface area contributed by atoms with Gasteiger partial charge >= 0.3 is 0 Å². The molecule has 2 aromatic carbocycles. The largest absolute Gasteiger partial charge is 0.352 e. The van der Waals surface area contributed by atoms with E-state index in [1.807, 2.05) is 0 Å². The lowest BCUT2D eigenvalue weighted by molar-refractivity contribution is -0.177. The zero-order chi connectivity index (χ0) is 21.5. The maximum absolute atomic E-state index is 6.88. The van der Waals surface area contributed by atoms with Gasteiger partial charge in [-0.3, -0.25) is 0 Å². The molecule has 2 aromatic rings. The summed E-state index contributed by atoms with van der Waals surface area (Å²) < 4.78 is 13.2. The molecule has 0 fully saturated rings. The molecule has 3 aliphatic rings. The predicted octanol–water partition coefficient (Wildman–Crippen LogP) is 7.12. The lowest BCUT2D eigenvalue weighted by Crippen LogP contribution is -2.39. The van der Waals surface area contributed by atoms with Gasteiger partial charge in [-0.2, -0.15) is 0 Å². The summed E-state index contributed by atoms with van der Waals surface area (Å²) in [6, 6.07) is 17.5. The molecule has 0 aromatic heterocycles. The van der Waals surface area contributed by atoms with Gasteiger partial charge in [-0.15, -0.1) is 0 Å². The molecule has 0 N–H and O–H groups in total. The second kappa shape index (κ2) is 8.41. The van der Waals surface area contributed by atoms with E-state index in [2.05, 4.69) is 88.4 Å². The Kier molecular flexibility index (Phi) is 5.62. The Morgan fingerprint density at radius 1 is 0.968 bits per heavy atom. The molecule has 0 heterocycles. The van der Waals surface area contributed by atoms with Crippen molar-refractivity contribution in [2.24, 2.45) is 17.8 Å². The number of hydrogen-bond acceptors (Lipinski definition) is 2. The summed E-state index contributed by atoms with van der Waals surface area (Å²) in [6.45, 7) is 9.73. The molecule has 0 amide bonds. The molecule has 0 radical (unpaired) electrons. The van der Waals surface area contributed by atoms with E-state index in [-0.39, 0.29) is 18.3 Å². The summed E-state index contributed by atoms with van der Waals surface area (Å²) in [7, 11) is 0. The molecule has 31 heavy (non-hydrogen) atoms. The predicted molar refractivity (Wildman–Crippen MR) is 127 cm³/mol. The van der Waals surface area contributed by atoms with E-state index in [1.165, 1.54) is 34.2 Å². The van der Waals surface area contributed by atoms with Crippen LogP contribution in [0.2, 0.25) is 0 Å². The van der Waals surface area contributed by atoms with Crippen LogP contribution in [0.4, 0.5) is 0 Å². The SMILES string of the molecule is CCOC(O[C@@H]1C=C2CC=C2C(CC(C)C)C1C)C1c2ccccc2-c2ccccc21. The maximum Gasteiger partial charge on any atom is 0.169 e. The lowest BCUT2D eigenvalue weighted by Gasteiger charge is -2.43. The van der Waals surface area contributed by atoms with Gasteiger partial charge in [0.1, 0.15) is 0 Å². The topological polar surface area (TPSA) is 18.5 Å². The highest BCUT2D eigenvalue weighted by Crippen LogP contribution is 2.49. The van der Waals surface area contributed by atoms with Crippen molar-refractivity contribution in [1.82, 2.24) is 0 Å². The van der Waals surface area contributed by atoms with Gasteiger partial charge in [0.05, 0.1) is 12.0 Å². The smallest absolute Gasteiger partial charge is 0.169 e. The Morgan fingerprint density at radius 3 is 2.16 bits per heavy atom. The molecule has 5 rings (SSSR count). The summed E-state index contributed by atoms with van der Waals surface area (Å²) in [4.78, 5) is 0. The summed E-state index contributed by atoms with van der Waals surface area (Å²) in [5.74, 6) is 1.83. The molecular weight excluding hydrogens is 380 g/mol. The first kappa shape index (κ1) is 20.7. The second-order valence-corrected chi connectivity index (χ2v) is 9.73. The highest BCUT2D eigenvalue weighted by molar-refractivity contribution is 5.78. The van der Waals surface area contributed by atoms with Crippen LogP contribution in [0.5, 0.6) is 0 Å². The molecule has 0 spiro atoms. The Labute approximate surface area is 187 Å². The fourth-order valence-corrected chi connectivity index (χ4v) is 5.79. The fourth-order valence-electron chi connectivity index (χ4n) is 5.79. The molecule has 0 aliphatic heterocycles. The van der Waals surface area contributed by atoms with E-state index in [0.29, 0.717) is 24.4 Å². The van der Waals surface area contributed by atoms with Crippen LogP contribution in [0.25, 0.3) is 11.1 Å². The first-order valence-corrected chi connectivity index (χ1v) is 11.9. The highest BCUT2D eigenvalue weighted by atomic mass is 16.7. The number of ether oxygens (including phenoxy) is 2. The zero-order valence-corrected chi connectivity index (χ0v) is 19.2. The molecule has 3 aliphatic carbocycles. The number of fused-ring (bicyclic) bond motifs is 4. The number of benzene rings is 2. The van der Waals surface area contributed by atoms with Crippen molar-refractivity contribution in [3.05, 3.63) is 83.0 Å². The number of allylic oxidation sites excluding steroid dienone is 3. The average Bonchev–Trinajstić information content (AvgIpc) is 3.07. The Balaban J connectivity index is 1.48. The standard InChI is InChI=1S/C29H34O2/c1-5-30-29(28-24-12-8-6-10-22(24)23-11-7-9-13-25(23)28)31-27-17-20-14-15-21(20)26(19(27)4)16-18(2)3/h6-13,15,17-19,26-29H,5,14,16H2,1-4H3/t19?,26?,27-,29?/m1/s1. The van der Waals surface area contributed by atoms with Gasteiger partial charge in [-0.05, 0) is 70.9 Å². The zero-order valence-electron chi connectivity index (χ0n) is 19.2. The van der Waals surface area contributed by atoms with Gasteiger partial charge in [0.15, 0.2) is 6.29 Å². The van der Waals surface area contributed by atoms with Crippen LogP contribution in [0.3, 0.4) is 0 Å². The van der Waals surface area contributed by atoms with Crippen LogP contribution in [-0.4, -0.2) is 19.0 Å². The second-order valence-electron chi connectivity index (χ2n) is 9.73. The number of hydrogen-bond donors (Lipinski definition) is 0. The molecule has 3 unspecified atom stereocenters. The van der Waals surface area contributed by atoms with Crippen molar-refractivity contribution < 1.29 is 9.47 Å². The minimum absolute atomic E-state index is 0.0904. The van der Waals surface area contributed by atoms with Crippen LogP contribution in [0, 0.1) is 17.8 Å². The summed E-state index contributed by atoms with van der Waals surface area (Å²) in [5, 5.41) is 0. The van der Waals surface area contributed by atoms with Crippen molar-refractivity contribution in [3.8, 4) is 11.1 Å². The average molecular weight is 415 g/mol. The Hall–Kier alpha value is -2.16. The van der Waals surface area contributed by atoms with Gasteiger partial charge in [0.2, 0.25) is 0 Å². The van der Waals surface area contributed by atoms with Crippen molar-refractivity contribution >= 4 is 0 Å². The van der Waals surface area contributed by atoms with Crippen LogP contribution < -0.4 is 0 Å². The van der Waals surface area contributed by atoms with E-state index >= 15 is 0 Å². The fraction of sp³-hybridized carbons (Fsp3) is 0.448. The van der Waals surface area contributed by atoms with Crippen molar-refractivity contribution in [1.29, 1.82) is 0 Å². The molecule has 0 saturated heterocycles. The first-order valence-electron chi connectivity index (χ1n) is 11.9. The van der Waals surface area contributed by atoms with Gasteiger partial charge in [-0.25, -0.2) is 0 Å². The van der Waals surface area contributed by atoms with Gasteiger partial charge < -0.3 is 9.47 Å². The third-order valence-electron chi connectivity index (χ3n) is 7.33. The molecular formula is C29H34O2. The van der Waals surface area contributed by atoms with Crippen LogP contribution in [0.15, 0.2) is 71.8 Å². The third-order valence-corrected chi connectivity index (χ3v) is 7.33. The molecule has 4 atom stereocenters. The monoisotopic (exact) mass is 414 g/mol. The molecule has 162 valence electrons. The summed E-state index contributed by atoms with van der Waals surface area (Å²) in [6.07, 6.45) is 6.92. The van der Waals surface area contributed by atoms with Crippen molar-refractivity contribution in [2.45, 2.75) is 58.8 Å². The summed E-state index contributed by atoms with van der Waals surface area (Å²) in [5.41, 5.74) is 8.34. The van der Waals surface area contributed by atoms with E-state index in [0.717, 1.165) is 6.42 Å². The van der Waals surface area contributed by atoms with E-state index in [9.17, 15) is 0 Å². The molecule has 0 bridgehead atoms. The normalized spacial score (nSPS) is 25.3. The van der Waals surface area contributed by atoms with E-state index in [1.54, 1.807) is 5.57 Å². The third kappa shape index (κ3) is 3.60. The minimum Gasteiger partial charge on any atom is -0.352 e. The minimum atomic E-state index is -0.288. The van der Waals surface area contributed by atoms with Crippen molar-refractivity contribution in [2.75, 3.05) is 6.61 Å². The van der Waals surface area contributed by atoms with E-state index in [4.69, 9.17) is 9.47 Å². The Morgan fingerprint density at radius 2 is 1.61 bits per heavy atom. The molecule has 2 heteroatoms. The first-order chi connectivity index (χ1) is 15.1. The van der Waals surface area contributed by atoms with Crippen LogP contribution in [0.1, 0.15) is 57.6 Å². The Bertz CT molecular complexity index is 969. The van der Waals surface area contributed by atoms with Crippen molar-refractivity contribution in [3.63, 3.8) is 0 Å². The quantitative estimate of drug-likeness (QED) is 0.449. The van der Waals surface area contributed by atoms with Crippen LogP contribution >= 0.6 is 0 Å². The maximum atomic E-state index is 6.88. The number of rotatable bonds is 7. The van der Waals surface area contributed by atoms with Gasteiger partial charge in [0.25, 0.3) is 0 Å². The van der Waals surface area contributed by atoms with Gasteiger partial charge in [0, 0.05) is 6.61 Å².